The lowest BCUT2D eigenvalue weighted by atomic mass is 9.78. The lowest BCUT2D eigenvalue weighted by molar-refractivity contribution is -0.132. The Morgan fingerprint density at radius 3 is 2.28 bits per heavy atom. The standard InChI is InChI=1S/C29H28N2O5/c1-17(32)36-26-13-10-19(16-27(26)35-3)29-28-24(30-22-6-4-5-7-23(22)31-29)14-20(15-25(28)33)18-8-11-21(34-2)12-9-18/h4-13,16,20,29-31H,14-15H2,1-3H3/t20-,29+/m0/s1. The smallest absolute Gasteiger partial charge is 0.308 e. The van der Waals surface area contributed by atoms with Gasteiger partial charge in [0.05, 0.1) is 31.6 Å². The summed E-state index contributed by atoms with van der Waals surface area (Å²) in [6.45, 7) is 1.35. The van der Waals surface area contributed by atoms with Gasteiger partial charge in [-0.05, 0) is 59.9 Å². The van der Waals surface area contributed by atoms with Crippen LogP contribution in [0, 0.1) is 0 Å². The Morgan fingerprint density at radius 1 is 0.861 bits per heavy atom. The van der Waals surface area contributed by atoms with Crippen LogP contribution in [0.2, 0.25) is 0 Å². The maximum atomic E-state index is 13.7. The minimum Gasteiger partial charge on any atom is -0.497 e. The lowest BCUT2D eigenvalue weighted by Crippen LogP contribution is -2.27. The second-order valence-corrected chi connectivity index (χ2v) is 8.95. The van der Waals surface area contributed by atoms with Crippen LogP contribution >= 0.6 is 0 Å². The first-order valence-corrected chi connectivity index (χ1v) is 11.9. The molecule has 1 aliphatic carbocycles. The highest BCUT2D eigenvalue weighted by molar-refractivity contribution is 6.01. The van der Waals surface area contributed by atoms with E-state index in [0.29, 0.717) is 29.9 Å². The Bertz CT molecular complexity index is 1350. The summed E-state index contributed by atoms with van der Waals surface area (Å²) in [7, 11) is 3.17. The van der Waals surface area contributed by atoms with E-state index in [-0.39, 0.29) is 11.7 Å². The normalized spacial score (nSPS) is 18.7. The van der Waals surface area contributed by atoms with Crippen LogP contribution in [-0.2, 0) is 9.59 Å². The Balaban J connectivity index is 1.57. The summed E-state index contributed by atoms with van der Waals surface area (Å²) in [5, 5.41) is 7.12. The van der Waals surface area contributed by atoms with Crippen LogP contribution in [-0.4, -0.2) is 26.0 Å². The first-order chi connectivity index (χ1) is 17.5. The zero-order valence-corrected chi connectivity index (χ0v) is 20.5. The molecule has 2 atom stereocenters. The minimum absolute atomic E-state index is 0.0569. The Labute approximate surface area is 210 Å². The maximum absolute atomic E-state index is 13.7. The first-order valence-electron chi connectivity index (χ1n) is 11.9. The number of benzene rings is 3. The highest BCUT2D eigenvalue weighted by Crippen LogP contribution is 2.45. The highest BCUT2D eigenvalue weighted by Gasteiger charge is 2.36. The quantitative estimate of drug-likeness (QED) is 0.360. The molecule has 3 aromatic carbocycles. The van der Waals surface area contributed by atoms with Crippen LogP contribution in [0.5, 0.6) is 17.2 Å². The zero-order chi connectivity index (χ0) is 25.2. The number of hydrogen-bond acceptors (Lipinski definition) is 7. The Hall–Kier alpha value is -4.26. The first kappa shape index (κ1) is 23.5. The second kappa shape index (κ2) is 9.77. The average Bonchev–Trinajstić information content (AvgIpc) is 3.05. The molecule has 0 fully saturated rings. The summed E-state index contributed by atoms with van der Waals surface area (Å²) in [5.41, 5.74) is 5.36. The van der Waals surface area contributed by atoms with Gasteiger partial charge in [0.25, 0.3) is 0 Å². The molecule has 0 unspecified atom stereocenters. The van der Waals surface area contributed by atoms with Crippen LogP contribution in [0.15, 0.2) is 78.0 Å². The third kappa shape index (κ3) is 4.52. The number of fused-ring (bicyclic) bond motifs is 1. The van der Waals surface area contributed by atoms with Gasteiger partial charge in [-0.25, -0.2) is 0 Å². The summed E-state index contributed by atoms with van der Waals surface area (Å²) < 4.78 is 16.1. The SMILES string of the molecule is COc1ccc([C@@H]2CC(=O)C3=C(C2)Nc2ccccc2N[C@@H]3c2ccc(OC(C)=O)c(OC)c2)cc1. The molecule has 1 heterocycles. The number of para-hydroxylation sites is 2. The van der Waals surface area contributed by atoms with Crippen LogP contribution in [0.1, 0.15) is 42.9 Å². The van der Waals surface area contributed by atoms with Gasteiger partial charge < -0.3 is 24.8 Å². The van der Waals surface area contributed by atoms with Crippen molar-refractivity contribution in [3.8, 4) is 17.2 Å². The van der Waals surface area contributed by atoms with Crippen molar-refractivity contribution >= 4 is 23.1 Å². The van der Waals surface area contributed by atoms with Gasteiger partial charge in [0.15, 0.2) is 17.3 Å². The van der Waals surface area contributed by atoms with E-state index in [1.807, 2.05) is 60.7 Å². The molecule has 2 aliphatic rings. The fourth-order valence-electron chi connectivity index (χ4n) is 4.96. The van der Waals surface area contributed by atoms with Crippen molar-refractivity contribution in [2.24, 2.45) is 0 Å². The number of allylic oxidation sites excluding steroid dienone is 1. The van der Waals surface area contributed by atoms with Crippen molar-refractivity contribution in [3.05, 3.63) is 89.1 Å². The van der Waals surface area contributed by atoms with Crippen molar-refractivity contribution in [3.63, 3.8) is 0 Å². The molecule has 0 aromatic heterocycles. The van der Waals surface area contributed by atoms with Gasteiger partial charge in [-0.3, -0.25) is 9.59 Å². The Kier molecular flexibility index (Phi) is 6.38. The van der Waals surface area contributed by atoms with E-state index in [9.17, 15) is 9.59 Å². The van der Waals surface area contributed by atoms with Gasteiger partial charge in [-0.15, -0.1) is 0 Å². The summed E-state index contributed by atoms with van der Waals surface area (Å²) >= 11 is 0. The van der Waals surface area contributed by atoms with E-state index >= 15 is 0 Å². The molecule has 0 radical (unpaired) electrons. The summed E-state index contributed by atoms with van der Waals surface area (Å²) in [6.07, 6.45) is 1.10. The average molecular weight is 485 g/mol. The molecule has 5 rings (SSSR count). The number of carbonyl (C=O) groups is 2. The second-order valence-electron chi connectivity index (χ2n) is 8.95. The van der Waals surface area contributed by atoms with E-state index in [1.165, 1.54) is 14.0 Å². The van der Waals surface area contributed by atoms with Gasteiger partial charge in [-0.1, -0.05) is 30.3 Å². The maximum Gasteiger partial charge on any atom is 0.308 e. The number of ether oxygens (including phenoxy) is 3. The van der Waals surface area contributed by atoms with E-state index in [4.69, 9.17) is 14.2 Å². The molecule has 0 bridgehead atoms. The number of anilines is 2. The van der Waals surface area contributed by atoms with Gasteiger partial charge >= 0.3 is 5.97 Å². The third-order valence-corrected chi connectivity index (χ3v) is 6.67. The fourth-order valence-corrected chi connectivity index (χ4v) is 4.96. The fraction of sp³-hybridized carbons (Fsp3) is 0.241. The number of nitrogens with one attached hydrogen (secondary N) is 2. The molecule has 0 saturated carbocycles. The highest BCUT2D eigenvalue weighted by atomic mass is 16.6. The topological polar surface area (TPSA) is 85.9 Å². The molecule has 0 amide bonds. The van der Waals surface area contributed by atoms with Crippen molar-refractivity contribution in [1.29, 1.82) is 0 Å². The van der Waals surface area contributed by atoms with Crippen molar-refractivity contribution < 1.29 is 23.8 Å². The van der Waals surface area contributed by atoms with Crippen LogP contribution in [0.25, 0.3) is 0 Å². The number of ketones is 1. The monoisotopic (exact) mass is 484 g/mol. The molecule has 36 heavy (non-hydrogen) atoms. The van der Waals surface area contributed by atoms with E-state index in [1.54, 1.807) is 13.2 Å². The van der Waals surface area contributed by atoms with Crippen molar-refractivity contribution in [2.45, 2.75) is 31.7 Å². The molecule has 3 aromatic rings. The van der Waals surface area contributed by atoms with Crippen molar-refractivity contribution in [1.82, 2.24) is 0 Å². The van der Waals surface area contributed by atoms with E-state index in [0.717, 1.165) is 33.9 Å². The molecule has 184 valence electrons. The molecule has 7 heteroatoms. The number of hydrogen-bond donors (Lipinski definition) is 2. The minimum atomic E-state index is -0.427. The third-order valence-electron chi connectivity index (χ3n) is 6.67. The van der Waals surface area contributed by atoms with Gasteiger partial charge in [0, 0.05) is 24.6 Å². The molecule has 0 spiro atoms. The molecular weight excluding hydrogens is 456 g/mol. The summed E-state index contributed by atoms with van der Waals surface area (Å²) in [4.78, 5) is 25.2. The van der Waals surface area contributed by atoms with E-state index < -0.39 is 12.0 Å². The van der Waals surface area contributed by atoms with Crippen LogP contribution in [0.3, 0.4) is 0 Å². The van der Waals surface area contributed by atoms with Gasteiger partial charge in [0.1, 0.15) is 5.75 Å². The molecule has 2 N–H and O–H groups in total. The van der Waals surface area contributed by atoms with E-state index in [2.05, 4.69) is 10.6 Å². The van der Waals surface area contributed by atoms with Crippen LogP contribution in [0.4, 0.5) is 11.4 Å². The number of methoxy groups -OCH3 is 2. The van der Waals surface area contributed by atoms with Gasteiger partial charge in [0.2, 0.25) is 0 Å². The number of rotatable bonds is 5. The molecular formula is C29H28N2O5. The number of Topliss-reactive ketones (excluding diaryl/α,β-unsaturated/α-hetero) is 1. The predicted molar refractivity (Wildman–Crippen MR) is 138 cm³/mol. The summed E-state index contributed by atoms with van der Waals surface area (Å²) in [6, 6.07) is 20.8. The molecule has 7 nitrogen and oxygen atoms in total. The summed E-state index contributed by atoms with van der Waals surface area (Å²) in [5.74, 6) is 1.27. The predicted octanol–water partition coefficient (Wildman–Crippen LogP) is 5.61. The number of carbonyl (C=O) groups excluding carboxylic acids is 2. The van der Waals surface area contributed by atoms with Gasteiger partial charge in [-0.2, -0.15) is 0 Å². The lowest BCUT2D eigenvalue weighted by Gasteiger charge is -2.30. The Morgan fingerprint density at radius 2 is 1.58 bits per heavy atom. The molecule has 0 saturated heterocycles. The number of esters is 1. The van der Waals surface area contributed by atoms with Crippen LogP contribution < -0.4 is 24.8 Å². The zero-order valence-electron chi connectivity index (χ0n) is 20.5. The molecule has 1 aliphatic heterocycles. The largest absolute Gasteiger partial charge is 0.497 e. The van der Waals surface area contributed by atoms with Crippen molar-refractivity contribution in [2.75, 3.05) is 24.9 Å².